The van der Waals surface area contributed by atoms with Crippen LogP contribution in [0.1, 0.15) is 43.9 Å². The highest BCUT2D eigenvalue weighted by Crippen LogP contribution is 2.64. The van der Waals surface area contributed by atoms with Crippen molar-refractivity contribution in [2.24, 2.45) is 29.1 Å². The van der Waals surface area contributed by atoms with Gasteiger partial charge in [-0.25, -0.2) is 9.88 Å². The van der Waals surface area contributed by atoms with Gasteiger partial charge in [0.05, 0.1) is 40.5 Å². The van der Waals surface area contributed by atoms with Crippen molar-refractivity contribution >= 4 is 46.7 Å². The number of hydrogen-bond acceptors (Lipinski definition) is 8. The fourth-order valence-electron chi connectivity index (χ4n) is 8.39. The molecule has 0 unspecified atom stereocenters. The molecule has 1 aromatic heterocycles. The number of ether oxygens (including phenoxy) is 1. The standard InChI is InChI=1S/C36H32ClF3N4O6/c1-4-50-26-16-18(10-14-25(26)45)29-20-11-12-21-28(22(20)17-23-32(47)43(34(49)35(23,29)2)19-8-6-5-7-9-19)33(48)44(31(21)46)42(3)30-24(37)13-15-27(41-30)36(38,39)40/h5-11,13-16,21-23,28-29,45H,4,12,17H2,1-3H3/t21-,22+,23-,28-,29-,35+/m0/s1. The molecule has 2 aromatic carbocycles. The number of rotatable bonds is 6. The summed E-state index contributed by atoms with van der Waals surface area (Å²) < 4.78 is 46.4. The van der Waals surface area contributed by atoms with Crippen LogP contribution in [0, 0.1) is 29.1 Å². The number of anilines is 2. The van der Waals surface area contributed by atoms with Crippen molar-refractivity contribution in [3.8, 4) is 11.5 Å². The summed E-state index contributed by atoms with van der Waals surface area (Å²) >= 11 is 6.25. The Labute approximate surface area is 290 Å². The van der Waals surface area contributed by atoms with Gasteiger partial charge in [-0.1, -0.05) is 47.5 Å². The lowest BCUT2D eigenvalue weighted by Gasteiger charge is -2.49. The predicted molar refractivity (Wildman–Crippen MR) is 175 cm³/mol. The zero-order valence-corrected chi connectivity index (χ0v) is 27.9. The van der Waals surface area contributed by atoms with E-state index in [2.05, 4.69) is 4.98 Å². The summed E-state index contributed by atoms with van der Waals surface area (Å²) in [6, 6.07) is 15.0. The Kier molecular flexibility index (Phi) is 7.96. The Morgan fingerprint density at radius 1 is 1.02 bits per heavy atom. The summed E-state index contributed by atoms with van der Waals surface area (Å²) in [5, 5.41) is 12.1. The van der Waals surface area contributed by atoms with Gasteiger partial charge >= 0.3 is 6.18 Å². The molecule has 260 valence electrons. The van der Waals surface area contributed by atoms with Crippen LogP contribution in [0.3, 0.4) is 0 Å². The fourth-order valence-corrected chi connectivity index (χ4v) is 8.62. The second kappa shape index (κ2) is 11.9. The number of allylic oxidation sites excluding steroid dienone is 2. The average Bonchev–Trinajstić information content (AvgIpc) is 3.45. The predicted octanol–water partition coefficient (Wildman–Crippen LogP) is 6.14. The maximum Gasteiger partial charge on any atom is 0.433 e. The molecule has 3 fully saturated rings. The van der Waals surface area contributed by atoms with Crippen molar-refractivity contribution in [2.75, 3.05) is 23.6 Å². The minimum atomic E-state index is -4.80. The van der Waals surface area contributed by atoms with E-state index in [0.29, 0.717) is 22.9 Å². The summed E-state index contributed by atoms with van der Waals surface area (Å²) in [5.41, 5.74) is -0.894. The summed E-state index contributed by atoms with van der Waals surface area (Å²) in [4.78, 5) is 62.0. The highest BCUT2D eigenvalue weighted by atomic mass is 35.5. The first-order chi connectivity index (χ1) is 23.7. The van der Waals surface area contributed by atoms with Crippen LogP contribution in [-0.4, -0.2) is 52.4 Å². The second-order valence-electron chi connectivity index (χ2n) is 13.2. The molecule has 0 bridgehead atoms. The molecule has 3 aromatic rings. The third kappa shape index (κ3) is 4.88. The molecule has 4 aliphatic rings. The average molecular weight is 709 g/mol. The number of hydrogen-bond donors (Lipinski definition) is 1. The van der Waals surface area contributed by atoms with Gasteiger partial charge < -0.3 is 9.84 Å². The first-order valence-electron chi connectivity index (χ1n) is 16.1. The highest BCUT2D eigenvalue weighted by Gasteiger charge is 2.68. The minimum Gasteiger partial charge on any atom is -0.504 e. The van der Waals surface area contributed by atoms with Gasteiger partial charge in [0, 0.05) is 13.0 Å². The quantitative estimate of drug-likeness (QED) is 0.240. The van der Waals surface area contributed by atoms with Crippen molar-refractivity contribution < 1.29 is 42.2 Å². The van der Waals surface area contributed by atoms with Gasteiger partial charge in [0.25, 0.3) is 11.8 Å². The van der Waals surface area contributed by atoms with Crippen LogP contribution in [0.2, 0.25) is 5.02 Å². The number of halogens is 4. The van der Waals surface area contributed by atoms with Gasteiger partial charge in [-0.3, -0.25) is 24.2 Å². The molecule has 3 heterocycles. The Hall–Kier alpha value is -4.91. The Morgan fingerprint density at radius 3 is 2.42 bits per heavy atom. The van der Waals surface area contributed by atoms with Gasteiger partial charge in [-0.05, 0) is 74.6 Å². The van der Waals surface area contributed by atoms with Gasteiger partial charge in [0.2, 0.25) is 11.8 Å². The molecule has 2 saturated heterocycles. The lowest BCUT2D eigenvalue weighted by molar-refractivity contribution is -0.141. The number of aromatic hydroxyl groups is 1. The van der Waals surface area contributed by atoms with Crippen LogP contribution in [0.15, 0.2) is 72.3 Å². The molecule has 50 heavy (non-hydrogen) atoms. The maximum absolute atomic E-state index is 14.5. The van der Waals surface area contributed by atoms with Crippen LogP contribution in [0.5, 0.6) is 11.5 Å². The topological polar surface area (TPSA) is 120 Å². The van der Waals surface area contributed by atoms with Crippen LogP contribution >= 0.6 is 11.6 Å². The fraction of sp³-hybridized carbons (Fsp3) is 0.361. The van der Waals surface area contributed by atoms with Crippen molar-refractivity contribution in [3.05, 3.63) is 88.6 Å². The molecule has 1 N–H and O–H groups in total. The normalized spacial score (nSPS) is 27.6. The molecule has 0 radical (unpaired) electrons. The van der Waals surface area contributed by atoms with Gasteiger partial charge in [0.15, 0.2) is 17.3 Å². The van der Waals surface area contributed by atoms with E-state index in [4.69, 9.17) is 16.3 Å². The molecule has 6 atom stereocenters. The summed E-state index contributed by atoms with van der Waals surface area (Å²) in [6.45, 7) is 3.75. The van der Waals surface area contributed by atoms with E-state index in [9.17, 15) is 37.5 Å². The largest absolute Gasteiger partial charge is 0.504 e. The first-order valence-corrected chi connectivity index (χ1v) is 16.5. The third-order valence-electron chi connectivity index (χ3n) is 10.6. The van der Waals surface area contributed by atoms with Gasteiger partial charge in [-0.2, -0.15) is 18.2 Å². The summed E-state index contributed by atoms with van der Waals surface area (Å²) in [7, 11) is 1.25. The van der Waals surface area contributed by atoms with E-state index in [1.54, 1.807) is 56.3 Å². The zero-order valence-electron chi connectivity index (χ0n) is 27.1. The van der Waals surface area contributed by atoms with E-state index >= 15 is 0 Å². The van der Waals surface area contributed by atoms with Crippen LogP contribution in [0.25, 0.3) is 0 Å². The van der Waals surface area contributed by atoms with E-state index < -0.39 is 76.3 Å². The van der Waals surface area contributed by atoms with Gasteiger partial charge in [-0.15, -0.1) is 0 Å². The van der Waals surface area contributed by atoms with Crippen LogP contribution in [0.4, 0.5) is 24.7 Å². The number of para-hydroxylation sites is 1. The molecular formula is C36H32ClF3N4O6. The number of benzene rings is 2. The molecule has 14 heteroatoms. The number of fused-ring (bicyclic) bond motifs is 4. The number of imide groups is 2. The van der Waals surface area contributed by atoms with Crippen LogP contribution in [-0.2, 0) is 25.4 Å². The monoisotopic (exact) mass is 708 g/mol. The number of nitrogens with zero attached hydrogens (tertiary/aromatic N) is 4. The molecule has 7 rings (SSSR count). The van der Waals surface area contributed by atoms with Crippen molar-refractivity contribution in [3.63, 3.8) is 0 Å². The van der Waals surface area contributed by atoms with E-state index in [-0.39, 0.29) is 36.0 Å². The van der Waals surface area contributed by atoms with Crippen molar-refractivity contribution in [2.45, 2.75) is 38.8 Å². The number of alkyl halides is 3. The van der Waals surface area contributed by atoms with Crippen molar-refractivity contribution in [1.82, 2.24) is 9.99 Å². The lowest BCUT2D eigenvalue weighted by Crippen LogP contribution is -2.49. The number of aromatic nitrogens is 1. The van der Waals surface area contributed by atoms with Gasteiger partial charge in [0.1, 0.15) is 5.69 Å². The molecule has 1 saturated carbocycles. The molecule has 4 amide bonds. The number of pyridine rings is 1. The molecule has 2 aliphatic carbocycles. The molecule has 10 nitrogen and oxygen atoms in total. The second-order valence-corrected chi connectivity index (χ2v) is 13.6. The highest BCUT2D eigenvalue weighted by molar-refractivity contribution is 6.33. The number of carbonyl (C=O) groups excluding carboxylic acids is 4. The summed E-state index contributed by atoms with van der Waals surface area (Å²) in [6.07, 6.45) is -2.78. The number of hydrazine groups is 1. The van der Waals surface area contributed by atoms with E-state index in [1.807, 2.05) is 6.08 Å². The van der Waals surface area contributed by atoms with E-state index in [1.165, 1.54) is 18.0 Å². The zero-order chi connectivity index (χ0) is 35.9. The Bertz CT molecular complexity index is 1970. The van der Waals surface area contributed by atoms with E-state index in [0.717, 1.165) is 16.1 Å². The van der Waals surface area contributed by atoms with Crippen molar-refractivity contribution in [1.29, 1.82) is 0 Å². The molecular weight excluding hydrogens is 677 g/mol. The Morgan fingerprint density at radius 2 is 1.74 bits per heavy atom. The summed E-state index contributed by atoms with van der Waals surface area (Å²) in [5.74, 6) is -6.74. The smallest absolute Gasteiger partial charge is 0.433 e. The molecule has 2 aliphatic heterocycles. The SMILES string of the molecule is CCOc1cc([C@H]2C3=CC[C@@H]4C(=O)N(N(C)c5nc(C(F)(F)F)ccc5Cl)C(=O)[C@@H]4[C@@H]3C[C@H]3C(=O)N(c4ccccc4)C(=O)[C@@]23C)ccc1O. The first kappa shape index (κ1) is 33.6. The number of amides is 4. The lowest BCUT2D eigenvalue weighted by atomic mass is 9.51. The third-order valence-corrected chi connectivity index (χ3v) is 10.9. The number of phenols is 1. The number of phenolic OH excluding ortho intramolecular Hbond substituents is 1. The Balaban J connectivity index is 1.33. The minimum absolute atomic E-state index is 0.0729. The molecule has 0 spiro atoms. The number of carbonyl (C=O) groups is 4. The maximum atomic E-state index is 14.5. The van der Waals surface area contributed by atoms with Crippen LogP contribution < -0.4 is 14.6 Å².